The Bertz CT molecular complexity index is 459. The van der Waals surface area contributed by atoms with Crippen LogP contribution in [0, 0.1) is 5.92 Å². The van der Waals surface area contributed by atoms with Gasteiger partial charge in [-0.1, -0.05) is 19.4 Å². The first-order valence-electron chi connectivity index (χ1n) is 7.01. The molecule has 1 aliphatic rings. The van der Waals surface area contributed by atoms with Crippen molar-refractivity contribution in [2.45, 2.75) is 39.0 Å². The van der Waals surface area contributed by atoms with Crippen LogP contribution in [0.4, 0.5) is 18.9 Å². The van der Waals surface area contributed by atoms with E-state index in [9.17, 15) is 13.2 Å². The molecule has 1 aromatic carbocycles. The Kier molecular flexibility index (Phi) is 4.58. The van der Waals surface area contributed by atoms with Gasteiger partial charge in [0.05, 0.1) is 12.2 Å². The van der Waals surface area contributed by atoms with E-state index in [1.807, 2.05) is 4.90 Å². The molecule has 1 aliphatic heterocycles. The Morgan fingerprint density at radius 3 is 2.70 bits per heavy atom. The molecule has 2 rings (SSSR count). The Hall–Kier alpha value is -1.23. The first kappa shape index (κ1) is 15.2. The second kappa shape index (κ2) is 6.04. The number of piperidine rings is 1. The smallest absolute Gasteiger partial charge is 0.392 e. The van der Waals surface area contributed by atoms with Crippen molar-refractivity contribution in [3.8, 4) is 0 Å². The molecule has 1 saturated heterocycles. The predicted molar refractivity (Wildman–Crippen MR) is 72.6 cm³/mol. The van der Waals surface area contributed by atoms with Crippen molar-refractivity contribution in [2.75, 3.05) is 18.0 Å². The fraction of sp³-hybridized carbons (Fsp3) is 0.600. The SMILES string of the molecule is CCC1CCCN(c2ccc(CO)cc2C(F)(F)F)C1. The molecule has 5 heteroatoms. The van der Waals surface area contributed by atoms with Crippen LogP contribution in [0.15, 0.2) is 18.2 Å². The van der Waals surface area contributed by atoms with Crippen molar-refractivity contribution in [3.63, 3.8) is 0 Å². The van der Waals surface area contributed by atoms with E-state index in [0.717, 1.165) is 25.3 Å². The summed E-state index contributed by atoms with van der Waals surface area (Å²) in [5, 5.41) is 9.03. The number of rotatable bonds is 3. The molecule has 1 atom stereocenters. The highest BCUT2D eigenvalue weighted by Crippen LogP contribution is 2.38. The highest BCUT2D eigenvalue weighted by molar-refractivity contribution is 5.56. The minimum absolute atomic E-state index is 0.243. The molecule has 1 unspecified atom stereocenters. The first-order chi connectivity index (χ1) is 9.45. The lowest BCUT2D eigenvalue weighted by molar-refractivity contribution is -0.137. The lowest BCUT2D eigenvalue weighted by Gasteiger charge is -2.35. The lowest BCUT2D eigenvalue weighted by Crippen LogP contribution is -2.36. The molecule has 1 fully saturated rings. The summed E-state index contributed by atoms with van der Waals surface area (Å²) in [7, 11) is 0. The third-order valence-corrected chi connectivity index (χ3v) is 3.99. The number of nitrogens with zero attached hydrogens (tertiary/aromatic N) is 1. The van der Waals surface area contributed by atoms with Gasteiger partial charge in [0.2, 0.25) is 0 Å². The average Bonchev–Trinajstić information content (AvgIpc) is 2.45. The van der Waals surface area contributed by atoms with Crippen molar-refractivity contribution < 1.29 is 18.3 Å². The third kappa shape index (κ3) is 3.26. The molecule has 20 heavy (non-hydrogen) atoms. The van der Waals surface area contributed by atoms with Gasteiger partial charge in [-0.15, -0.1) is 0 Å². The number of anilines is 1. The summed E-state index contributed by atoms with van der Waals surface area (Å²) >= 11 is 0. The fourth-order valence-electron chi connectivity index (χ4n) is 2.80. The molecule has 0 amide bonds. The molecule has 0 radical (unpaired) electrons. The Morgan fingerprint density at radius 1 is 1.35 bits per heavy atom. The number of alkyl halides is 3. The Morgan fingerprint density at radius 2 is 2.10 bits per heavy atom. The summed E-state index contributed by atoms with van der Waals surface area (Å²) in [4.78, 5) is 1.83. The number of hydrogen-bond acceptors (Lipinski definition) is 2. The van der Waals surface area contributed by atoms with Gasteiger partial charge in [-0.2, -0.15) is 13.2 Å². The van der Waals surface area contributed by atoms with Gasteiger partial charge in [-0.3, -0.25) is 0 Å². The Labute approximate surface area is 117 Å². The second-order valence-electron chi connectivity index (χ2n) is 5.37. The third-order valence-electron chi connectivity index (χ3n) is 3.99. The zero-order chi connectivity index (χ0) is 14.8. The first-order valence-corrected chi connectivity index (χ1v) is 7.01. The molecule has 0 bridgehead atoms. The highest BCUT2D eigenvalue weighted by atomic mass is 19.4. The van der Waals surface area contributed by atoms with Crippen LogP contribution in [-0.2, 0) is 12.8 Å². The van der Waals surface area contributed by atoms with Crippen molar-refractivity contribution in [1.29, 1.82) is 0 Å². The van der Waals surface area contributed by atoms with Gasteiger partial charge >= 0.3 is 6.18 Å². The zero-order valence-electron chi connectivity index (χ0n) is 11.6. The topological polar surface area (TPSA) is 23.5 Å². The summed E-state index contributed by atoms with van der Waals surface area (Å²) < 4.78 is 39.6. The van der Waals surface area contributed by atoms with Gasteiger partial charge in [-0.25, -0.2) is 0 Å². The molecule has 0 aliphatic carbocycles. The van der Waals surface area contributed by atoms with E-state index in [4.69, 9.17) is 5.11 Å². The van der Waals surface area contributed by atoms with E-state index in [0.29, 0.717) is 24.6 Å². The minimum atomic E-state index is -4.39. The van der Waals surface area contributed by atoms with Crippen LogP contribution in [0.2, 0.25) is 0 Å². The van der Waals surface area contributed by atoms with E-state index >= 15 is 0 Å². The van der Waals surface area contributed by atoms with E-state index in [-0.39, 0.29) is 12.3 Å². The number of halogens is 3. The van der Waals surface area contributed by atoms with Crippen molar-refractivity contribution in [2.24, 2.45) is 5.92 Å². The van der Waals surface area contributed by atoms with E-state index in [1.165, 1.54) is 6.07 Å². The number of hydrogen-bond donors (Lipinski definition) is 1. The second-order valence-corrected chi connectivity index (χ2v) is 5.37. The van der Waals surface area contributed by atoms with Gasteiger partial charge in [0, 0.05) is 18.8 Å². The summed E-state index contributed by atoms with van der Waals surface area (Å²) in [6.45, 7) is 3.05. The lowest BCUT2D eigenvalue weighted by atomic mass is 9.94. The highest BCUT2D eigenvalue weighted by Gasteiger charge is 2.35. The molecular formula is C15H20F3NO. The maximum Gasteiger partial charge on any atom is 0.418 e. The minimum Gasteiger partial charge on any atom is -0.392 e. The van der Waals surface area contributed by atoms with Crippen LogP contribution in [0.3, 0.4) is 0 Å². The fourth-order valence-corrected chi connectivity index (χ4v) is 2.80. The van der Waals surface area contributed by atoms with Crippen LogP contribution in [-0.4, -0.2) is 18.2 Å². The van der Waals surface area contributed by atoms with E-state index in [1.54, 1.807) is 6.07 Å². The molecule has 1 N–H and O–H groups in total. The molecule has 0 aromatic heterocycles. The van der Waals surface area contributed by atoms with Crippen molar-refractivity contribution >= 4 is 5.69 Å². The molecule has 0 saturated carbocycles. The van der Waals surface area contributed by atoms with Gasteiger partial charge in [-0.05, 0) is 36.5 Å². The molecule has 112 valence electrons. The number of aliphatic hydroxyl groups is 1. The molecular weight excluding hydrogens is 267 g/mol. The van der Waals surface area contributed by atoms with Gasteiger partial charge in [0.25, 0.3) is 0 Å². The van der Waals surface area contributed by atoms with Gasteiger partial charge in [0.15, 0.2) is 0 Å². The van der Waals surface area contributed by atoms with Crippen LogP contribution < -0.4 is 4.90 Å². The Balaban J connectivity index is 2.35. The van der Waals surface area contributed by atoms with Crippen molar-refractivity contribution in [1.82, 2.24) is 0 Å². The molecule has 0 spiro atoms. The number of aliphatic hydroxyl groups excluding tert-OH is 1. The predicted octanol–water partition coefficient (Wildman–Crippen LogP) is 3.82. The quantitative estimate of drug-likeness (QED) is 0.913. The van der Waals surface area contributed by atoms with E-state index < -0.39 is 11.7 Å². The molecule has 1 heterocycles. The molecule has 2 nitrogen and oxygen atoms in total. The maximum atomic E-state index is 13.2. The monoisotopic (exact) mass is 287 g/mol. The normalized spacial score (nSPS) is 20.2. The standard InChI is InChI=1S/C15H20F3NO/c1-2-11-4-3-7-19(9-11)14-6-5-12(10-20)8-13(14)15(16,17)18/h5-6,8,11,20H,2-4,7,9-10H2,1H3. The summed E-state index contributed by atoms with van der Waals surface area (Å²) in [6, 6.07) is 4.12. The van der Waals surface area contributed by atoms with Crippen LogP contribution in [0.25, 0.3) is 0 Å². The summed E-state index contributed by atoms with van der Waals surface area (Å²) in [5.74, 6) is 0.461. The van der Waals surface area contributed by atoms with E-state index in [2.05, 4.69) is 6.92 Å². The van der Waals surface area contributed by atoms with Crippen LogP contribution in [0.5, 0.6) is 0 Å². The largest absolute Gasteiger partial charge is 0.418 e. The number of benzene rings is 1. The maximum absolute atomic E-state index is 13.2. The average molecular weight is 287 g/mol. The molecule has 1 aromatic rings. The zero-order valence-corrected chi connectivity index (χ0v) is 11.6. The van der Waals surface area contributed by atoms with Gasteiger partial charge in [0.1, 0.15) is 0 Å². The van der Waals surface area contributed by atoms with Crippen LogP contribution >= 0.6 is 0 Å². The van der Waals surface area contributed by atoms with Crippen LogP contribution in [0.1, 0.15) is 37.3 Å². The summed E-state index contributed by atoms with van der Waals surface area (Å²) in [6.07, 6.45) is -1.38. The van der Waals surface area contributed by atoms with Gasteiger partial charge < -0.3 is 10.0 Å². The summed E-state index contributed by atoms with van der Waals surface area (Å²) in [5.41, 5.74) is -0.0984. The van der Waals surface area contributed by atoms with Crippen molar-refractivity contribution in [3.05, 3.63) is 29.3 Å².